The molecule has 0 aliphatic heterocycles. The van der Waals surface area contributed by atoms with E-state index in [0.29, 0.717) is 12.5 Å². The standard InChI is InChI=1S/C18H27ClN2O2/c1-2-3-4-9-18(20,17(22)23)14-10-16(11-14)21-12-13-5-7-15(19)8-6-13/h5-8,14,16,21H,2-4,9-12,20H2,1H3,(H,22,23). The minimum atomic E-state index is -1.06. The van der Waals surface area contributed by atoms with Gasteiger partial charge in [0, 0.05) is 17.6 Å². The zero-order chi connectivity index (χ0) is 16.9. The quantitative estimate of drug-likeness (QED) is 0.602. The highest BCUT2D eigenvalue weighted by Gasteiger charge is 2.47. The van der Waals surface area contributed by atoms with Gasteiger partial charge in [-0.25, -0.2) is 0 Å². The number of benzene rings is 1. The Bertz CT molecular complexity index is 514. The third-order valence-corrected chi connectivity index (χ3v) is 5.22. The van der Waals surface area contributed by atoms with Gasteiger partial charge in [-0.15, -0.1) is 0 Å². The van der Waals surface area contributed by atoms with Crippen molar-refractivity contribution in [3.63, 3.8) is 0 Å². The van der Waals surface area contributed by atoms with Gasteiger partial charge < -0.3 is 16.2 Å². The second kappa shape index (κ2) is 8.13. The van der Waals surface area contributed by atoms with Crippen LogP contribution in [0.4, 0.5) is 0 Å². The maximum absolute atomic E-state index is 11.6. The van der Waals surface area contributed by atoms with E-state index in [9.17, 15) is 9.90 Å². The van der Waals surface area contributed by atoms with Gasteiger partial charge >= 0.3 is 5.97 Å². The summed E-state index contributed by atoms with van der Waals surface area (Å²) in [5, 5.41) is 13.7. The number of nitrogens with one attached hydrogen (secondary N) is 1. The van der Waals surface area contributed by atoms with Crippen LogP contribution in [0, 0.1) is 5.92 Å². The summed E-state index contributed by atoms with van der Waals surface area (Å²) in [4.78, 5) is 11.6. The average molecular weight is 339 g/mol. The van der Waals surface area contributed by atoms with Crippen LogP contribution in [-0.2, 0) is 11.3 Å². The Hall–Kier alpha value is -1.10. The highest BCUT2D eigenvalue weighted by Crippen LogP contribution is 2.38. The summed E-state index contributed by atoms with van der Waals surface area (Å²) in [6.45, 7) is 2.88. The number of nitrogens with two attached hydrogens (primary N) is 1. The van der Waals surface area contributed by atoms with Crippen LogP contribution in [0.5, 0.6) is 0 Å². The summed E-state index contributed by atoms with van der Waals surface area (Å²) in [6.07, 6.45) is 5.25. The molecule has 2 rings (SSSR count). The summed E-state index contributed by atoms with van der Waals surface area (Å²) < 4.78 is 0. The molecule has 0 radical (unpaired) electrons. The molecule has 0 heterocycles. The third-order valence-electron chi connectivity index (χ3n) is 4.97. The van der Waals surface area contributed by atoms with E-state index < -0.39 is 11.5 Å². The first-order chi connectivity index (χ1) is 11.0. The predicted octanol–water partition coefficient (Wildman–Crippen LogP) is 3.57. The van der Waals surface area contributed by atoms with Crippen LogP contribution in [0.2, 0.25) is 5.02 Å². The number of hydrogen-bond acceptors (Lipinski definition) is 3. The molecule has 1 aromatic rings. The van der Waals surface area contributed by atoms with Crippen LogP contribution in [0.3, 0.4) is 0 Å². The van der Waals surface area contributed by atoms with Crippen LogP contribution in [0.1, 0.15) is 51.0 Å². The minimum absolute atomic E-state index is 0.0690. The SMILES string of the molecule is CCCCCC(N)(C(=O)O)C1CC(NCc2ccc(Cl)cc2)C1. The summed E-state index contributed by atoms with van der Waals surface area (Å²) in [6, 6.07) is 8.11. The Morgan fingerprint density at radius 1 is 1.35 bits per heavy atom. The second-order valence-electron chi connectivity index (χ2n) is 6.68. The zero-order valence-electron chi connectivity index (χ0n) is 13.7. The van der Waals surface area contributed by atoms with Gasteiger partial charge in [-0.1, -0.05) is 49.9 Å². The van der Waals surface area contributed by atoms with Crippen molar-refractivity contribution in [1.29, 1.82) is 0 Å². The maximum Gasteiger partial charge on any atom is 0.323 e. The van der Waals surface area contributed by atoms with Crippen LogP contribution in [0.25, 0.3) is 0 Å². The predicted molar refractivity (Wildman–Crippen MR) is 93.5 cm³/mol. The van der Waals surface area contributed by atoms with Gasteiger partial charge in [0.2, 0.25) is 0 Å². The fourth-order valence-corrected chi connectivity index (χ4v) is 3.35. The van der Waals surface area contributed by atoms with E-state index in [-0.39, 0.29) is 5.92 Å². The van der Waals surface area contributed by atoms with Crippen LogP contribution in [0.15, 0.2) is 24.3 Å². The molecule has 1 unspecified atom stereocenters. The molecule has 0 saturated heterocycles. The molecule has 128 valence electrons. The molecule has 1 aliphatic rings. The number of unbranched alkanes of at least 4 members (excludes halogenated alkanes) is 2. The summed E-state index contributed by atoms with van der Waals surface area (Å²) in [7, 11) is 0. The Balaban J connectivity index is 1.79. The first-order valence-electron chi connectivity index (χ1n) is 8.45. The average Bonchev–Trinajstić information content (AvgIpc) is 2.47. The lowest BCUT2D eigenvalue weighted by Gasteiger charge is -2.45. The van der Waals surface area contributed by atoms with Gasteiger partial charge in [0.1, 0.15) is 5.54 Å². The number of carbonyl (C=O) groups is 1. The van der Waals surface area contributed by atoms with E-state index in [1.54, 1.807) is 0 Å². The Morgan fingerprint density at radius 3 is 2.57 bits per heavy atom. The van der Waals surface area contributed by atoms with Crippen molar-refractivity contribution in [2.75, 3.05) is 0 Å². The van der Waals surface area contributed by atoms with Gasteiger partial charge in [0.15, 0.2) is 0 Å². The molecule has 0 amide bonds. The first kappa shape index (κ1) is 18.2. The number of carboxylic acid groups (broad SMARTS) is 1. The van der Waals surface area contributed by atoms with Crippen LogP contribution >= 0.6 is 11.6 Å². The number of rotatable bonds is 9. The number of aliphatic carboxylic acids is 1. The Labute approximate surface area is 143 Å². The molecule has 1 fully saturated rings. The van der Waals surface area contributed by atoms with Crippen molar-refractivity contribution in [2.24, 2.45) is 11.7 Å². The van der Waals surface area contributed by atoms with Crippen molar-refractivity contribution in [1.82, 2.24) is 5.32 Å². The molecule has 1 atom stereocenters. The Morgan fingerprint density at radius 2 is 2.00 bits per heavy atom. The summed E-state index contributed by atoms with van der Waals surface area (Å²) in [5.41, 5.74) is 6.35. The van der Waals surface area contributed by atoms with E-state index in [1.807, 2.05) is 24.3 Å². The largest absolute Gasteiger partial charge is 0.480 e. The topological polar surface area (TPSA) is 75.4 Å². The van der Waals surface area contributed by atoms with E-state index >= 15 is 0 Å². The number of hydrogen-bond donors (Lipinski definition) is 3. The fraction of sp³-hybridized carbons (Fsp3) is 0.611. The van der Waals surface area contributed by atoms with Crippen molar-refractivity contribution < 1.29 is 9.90 Å². The second-order valence-corrected chi connectivity index (χ2v) is 7.11. The highest BCUT2D eigenvalue weighted by atomic mass is 35.5. The van der Waals surface area contributed by atoms with E-state index in [1.165, 1.54) is 5.56 Å². The molecular formula is C18H27ClN2O2. The molecule has 0 spiro atoms. The lowest BCUT2D eigenvalue weighted by Crippen LogP contribution is -2.60. The molecule has 5 heteroatoms. The molecule has 1 aromatic carbocycles. The highest BCUT2D eigenvalue weighted by molar-refractivity contribution is 6.30. The first-order valence-corrected chi connectivity index (χ1v) is 8.83. The van der Waals surface area contributed by atoms with Crippen molar-refractivity contribution in [2.45, 2.75) is 63.6 Å². The fourth-order valence-electron chi connectivity index (χ4n) is 3.22. The van der Waals surface area contributed by atoms with Gasteiger partial charge in [-0.05, 0) is 42.9 Å². The Kier molecular flexibility index (Phi) is 6.45. The molecule has 0 bridgehead atoms. The minimum Gasteiger partial charge on any atom is -0.480 e. The molecule has 0 aromatic heterocycles. The van der Waals surface area contributed by atoms with Gasteiger partial charge in [-0.2, -0.15) is 0 Å². The normalized spacial score (nSPS) is 23.1. The van der Waals surface area contributed by atoms with Crippen LogP contribution in [-0.4, -0.2) is 22.7 Å². The number of halogens is 1. The number of carboxylic acids is 1. The molecule has 1 aliphatic carbocycles. The van der Waals surface area contributed by atoms with E-state index in [2.05, 4.69) is 12.2 Å². The van der Waals surface area contributed by atoms with Gasteiger partial charge in [-0.3, -0.25) is 4.79 Å². The maximum atomic E-state index is 11.6. The molecule has 4 nitrogen and oxygen atoms in total. The van der Waals surface area contributed by atoms with Gasteiger partial charge in [0.25, 0.3) is 0 Å². The zero-order valence-corrected chi connectivity index (χ0v) is 14.5. The third kappa shape index (κ3) is 4.69. The molecule has 23 heavy (non-hydrogen) atoms. The summed E-state index contributed by atoms with van der Waals surface area (Å²) in [5.74, 6) is -0.783. The van der Waals surface area contributed by atoms with E-state index in [4.69, 9.17) is 17.3 Å². The smallest absolute Gasteiger partial charge is 0.323 e. The van der Waals surface area contributed by atoms with Crippen molar-refractivity contribution in [3.8, 4) is 0 Å². The van der Waals surface area contributed by atoms with Crippen molar-refractivity contribution >= 4 is 17.6 Å². The monoisotopic (exact) mass is 338 g/mol. The van der Waals surface area contributed by atoms with E-state index in [0.717, 1.165) is 43.7 Å². The molecule has 1 saturated carbocycles. The molecule has 4 N–H and O–H groups in total. The summed E-state index contributed by atoms with van der Waals surface area (Å²) >= 11 is 5.87. The molecular weight excluding hydrogens is 312 g/mol. The van der Waals surface area contributed by atoms with Crippen LogP contribution < -0.4 is 11.1 Å². The lowest BCUT2D eigenvalue weighted by molar-refractivity contribution is -0.148. The van der Waals surface area contributed by atoms with Gasteiger partial charge in [0.05, 0.1) is 0 Å². The lowest BCUT2D eigenvalue weighted by atomic mass is 9.66. The van der Waals surface area contributed by atoms with Crippen molar-refractivity contribution in [3.05, 3.63) is 34.9 Å².